The molecule has 0 saturated carbocycles. The minimum atomic E-state index is -3.32. The second-order valence-corrected chi connectivity index (χ2v) is 27.8. The van der Waals surface area contributed by atoms with E-state index in [1.54, 1.807) is 0 Å². The van der Waals surface area contributed by atoms with Crippen LogP contribution >= 0.6 is 0 Å². The standard InChI is InChI=1S/C69H127N3O27/c1-5-7-8-9-10-11-12-13-14-15-16-17-18-19-20-21-22-25-29-32-35-47(78)64(89)71-45(56(83)46(77)34-31-28-26-23-24-27-30-33-43(3)6-2)41-94-65-61(88)60(87)59(86)52(96-65)42-95-68(66(90)91)37-51(55(70-44(4)76)63(98-68)58(85)50(81)39-74)97-69(67(92)93)36-48(79)54(72-53(82)40-75)62(99-69)57(84)49(80)38-73/h43,45-52,54-63,65,73-75,77-81,83-88H,5-42H2,1-4H3,(H,70,76)(H,71,89)(H,72,82)(H,90,91)(H,92,93)/t43?,45-,46+,47+,48?,49?,50?,51?,52?,54?,55?,56-,57?,58?,59+,60?,61?,62?,63?,65+,68?,69?/m0/s1. The van der Waals surface area contributed by atoms with Gasteiger partial charge in [0.25, 0.3) is 11.6 Å². The second kappa shape index (κ2) is 48.6. The van der Waals surface area contributed by atoms with E-state index in [0.717, 1.165) is 84.0 Å². The van der Waals surface area contributed by atoms with Crippen LogP contribution in [0.25, 0.3) is 0 Å². The van der Waals surface area contributed by atoms with Crippen molar-refractivity contribution in [3.63, 3.8) is 0 Å². The number of amides is 3. The Morgan fingerprint density at radius 1 is 0.545 bits per heavy atom. The van der Waals surface area contributed by atoms with Gasteiger partial charge >= 0.3 is 11.9 Å². The Morgan fingerprint density at radius 2 is 1.00 bits per heavy atom. The Balaban J connectivity index is 1.81. The van der Waals surface area contributed by atoms with E-state index < -0.39 is 203 Å². The number of aliphatic carboxylic acids is 2. The van der Waals surface area contributed by atoms with Gasteiger partial charge in [0.2, 0.25) is 17.7 Å². The smallest absolute Gasteiger partial charge is 0.364 e. The van der Waals surface area contributed by atoms with Crippen LogP contribution in [-0.2, 0) is 52.4 Å². The molecule has 16 unspecified atom stereocenters. The zero-order valence-electron chi connectivity index (χ0n) is 59.1. The minimum Gasteiger partial charge on any atom is -0.477 e. The molecule has 99 heavy (non-hydrogen) atoms. The molecule has 3 amide bonds. The van der Waals surface area contributed by atoms with Crippen LogP contribution in [0.4, 0.5) is 0 Å². The quantitative estimate of drug-likeness (QED) is 0.0383. The highest BCUT2D eigenvalue weighted by atomic mass is 16.8. The molecule has 0 aromatic rings. The van der Waals surface area contributed by atoms with Gasteiger partial charge in [-0.3, -0.25) is 14.4 Å². The second-order valence-electron chi connectivity index (χ2n) is 27.8. The van der Waals surface area contributed by atoms with Gasteiger partial charge in [-0.05, 0) is 18.8 Å². The summed E-state index contributed by atoms with van der Waals surface area (Å²) < 4.78 is 35.1. The maximum Gasteiger partial charge on any atom is 0.364 e. The largest absolute Gasteiger partial charge is 0.477 e. The number of aliphatic hydroxyl groups excluding tert-OH is 14. The number of hydrogen-bond donors (Lipinski definition) is 19. The molecule has 0 aromatic carbocycles. The molecule has 3 aliphatic heterocycles. The van der Waals surface area contributed by atoms with Crippen LogP contribution in [0.5, 0.6) is 0 Å². The van der Waals surface area contributed by atoms with E-state index in [4.69, 9.17) is 28.4 Å². The van der Waals surface area contributed by atoms with Crippen molar-refractivity contribution in [3.05, 3.63) is 0 Å². The molecule has 3 heterocycles. The van der Waals surface area contributed by atoms with Gasteiger partial charge in [0.1, 0.15) is 79.9 Å². The Morgan fingerprint density at radius 3 is 1.45 bits per heavy atom. The van der Waals surface area contributed by atoms with E-state index in [1.807, 2.05) is 0 Å². The summed E-state index contributed by atoms with van der Waals surface area (Å²) in [5.74, 6) is -13.3. The lowest BCUT2D eigenvalue weighted by Crippen LogP contribution is -2.72. The molecule has 30 nitrogen and oxygen atoms in total. The van der Waals surface area contributed by atoms with Crippen molar-refractivity contribution in [1.82, 2.24) is 16.0 Å². The van der Waals surface area contributed by atoms with Crippen LogP contribution in [-0.4, -0.2) is 272 Å². The first-order valence-corrected chi connectivity index (χ1v) is 36.8. The summed E-state index contributed by atoms with van der Waals surface area (Å²) in [5, 5.41) is 181. The average molecular weight is 1430 g/mol. The molecule has 0 bridgehead atoms. The Hall–Kier alpha value is -3.45. The molecule has 3 rings (SSSR count). The number of aliphatic hydroxyl groups is 14. The third-order valence-electron chi connectivity index (χ3n) is 19.5. The summed E-state index contributed by atoms with van der Waals surface area (Å²) >= 11 is 0. The molecule has 19 N–H and O–H groups in total. The first kappa shape index (κ1) is 89.8. The maximum absolute atomic E-state index is 13.7. The summed E-state index contributed by atoms with van der Waals surface area (Å²) in [6.45, 7) is 1.92. The fourth-order valence-electron chi connectivity index (χ4n) is 13.1. The molecule has 0 radical (unpaired) electrons. The first-order valence-electron chi connectivity index (χ1n) is 36.8. The van der Waals surface area contributed by atoms with E-state index in [9.17, 15) is 106 Å². The van der Waals surface area contributed by atoms with Crippen molar-refractivity contribution >= 4 is 29.7 Å². The van der Waals surface area contributed by atoms with Crippen molar-refractivity contribution in [3.8, 4) is 0 Å². The Bertz CT molecular complexity index is 2230. The highest BCUT2D eigenvalue weighted by Gasteiger charge is 2.63. The first-order chi connectivity index (χ1) is 47.2. The van der Waals surface area contributed by atoms with E-state index in [2.05, 4.69) is 36.7 Å². The fraction of sp³-hybridized carbons (Fsp3) is 0.928. The molecular formula is C69H127N3O27. The molecular weight excluding hydrogens is 1300 g/mol. The predicted molar refractivity (Wildman–Crippen MR) is 358 cm³/mol. The molecule has 0 aromatic heterocycles. The lowest BCUT2D eigenvalue weighted by molar-refractivity contribution is -0.365. The zero-order chi connectivity index (χ0) is 73.7. The molecule has 580 valence electrons. The van der Waals surface area contributed by atoms with Crippen molar-refractivity contribution in [2.75, 3.05) is 33.0 Å². The van der Waals surface area contributed by atoms with Gasteiger partial charge in [-0.1, -0.05) is 207 Å². The van der Waals surface area contributed by atoms with E-state index in [-0.39, 0.29) is 12.8 Å². The van der Waals surface area contributed by atoms with Crippen LogP contribution in [0.3, 0.4) is 0 Å². The summed E-state index contributed by atoms with van der Waals surface area (Å²) in [4.78, 5) is 66.0. The molecule has 22 atom stereocenters. The number of rotatable bonds is 55. The van der Waals surface area contributed by atoms with Gasteiger partial charge in [0, 0.05) is 19.8 Å². The number of carbonyl (C=O) groups excluding carboxylic acids is 3. The van der Waals surface area contributed by atoms with Crippen LogP contribution in [0.15, 0.2) is 0 Å². The number of ether oxygens (including phenoxy) is 6. The van der Waals surface area contributed by atoms with Crippen molar-refractivity contribution in [2.24, 2.45) is 5.92 Å². The Labute approximate surface area is 583 Å². The number of hydrogen-bond acceptors (Lipinski definition) is 25. The number of unbranched alkanes of at least 4 members (excludes halogenated alkanes) is 25. The average Bonchev–Trinajstić information content (AvgIpc) is 0.746. The summed E-state index contributed by atoms with van der Waals surface area (Å²) in [7, 11) is 0. The van der Waals surface area contributed by atoms with Gasteiger partial charge in [-0.15, -0.1) is 0 Å². The van der Waals surface area contributed by atoms with Crippen LogP contribution in [0.1, 0.15) is 240 Å². The number of carboxylic acid groups (broad SMARTS) is 2. The number of carbonyl (C=O) groups is 5. The Kier molecular flexibility index (Phi) is 44.0. The fourth-order valence-corrected chi connectivity index (χ4v) is 13.1. The van der Waals surface area contributed by atoms with Crippen molar-refractivity contribution in [2.45, 2.75) is 367 Å². The van der Waals surface area contributed by atoms with Crippen molar-refractivity contribution in [1.29, 1.82) is 0 Å². The zero-order valence-corrected chi connectivity index (χ0v) is 59.1. The normalized spacial score (nSPS) is 28.6. The molecule has 0 spiro atoms. The predicted octanol–water partition coefficient (Wildman–Crippen LogP) is 1.46. The highest BCUT2D eigenvalue weighted by molar-refractivity contribution is 5.81. The van der Waals surface area contributed by atoms with Gasteiger partial charge in [0.05, 0.1) is 62.9 Å². The molecule has 3 fully saturated rings. The monoisotopic (exact) mass is 1430 g/mol. The molecule has 30 heteroatoms. The summed E-state index contributed by atoms with van der Waals surface area (Å²) in [6.07, 6.45) is -3.36. The molecule has 3 saturated heterocycles. The van der Waals surface area contributed by atoms with Gasteiger partial charge in [0.15, 0.2) is 6.29 Å². The SMILES string of the molecule is CCCCCCCCCCCCCCCCCCCCCC[C@@H](O)C(=O)N[C@@H](CO[C@@H]1OC(COC2(C(=O)O)CC(OC3(C(=O)O)CC(O)C(NC(=O)CO)C(C(O)C(O)CO)O3)C(NC(C)=O)C(C(O)C(O)CO)O2)[C@@H](O)C(O)C1O)[C@H](O)[C@H](O)CCCCCCCCCC(C)CC. The van der Waals surface area contributed by atoms with Gasteiger partial charge in [-0.2, -0.15) is 0 Å². The van der Waals surface area contributed by atoms with Crippen LogP contribution in [0, 0.1) is 5.92 Å². The van der Waals surface area contributed by atoms with Gasteiger partial charge in [-0.25, -0.2) is 9.59 Å². The van der Waals surface area contributed by atoms with E-state index >= 15 is 0 Å². The van der Waals surface area contributed by atoms with Crippen LogP contribution in [0.2, 0.25) is 0 Å². The van der Waals surface area contributed by atoms with Crippen molar-refractivity contribution < 1.29 is 134 Å². The molecule has 3 aliphatic rings. The lowest BCUT2D eigenvalue weighted by Gasteiger charge is -2.52. The number of carboxylic acids is 2. The summed E-state index contributed by atoms with van der Waals surface area (Å²) in [6, 6.07) is -5.36. The third-order valence-corrected chi connectivity index (χ3v) is 19.5. The van der Waals surface area contributed by atoms with Crippen LogP contribution < -0.4 is 16.0 Å². The van der Waals surface area contributed by atoms with E-state index in [0.29, 0.717) is 18.8 Å². The lowest BCUT2D eigenvalue weighted by atomic mass is 9.86. The highest BCUT2D eigenvalue weighted by Crippen LogP contribution is 2.42. The topological polar surface area (TPSA) is 501 Å². The molecule has 0 aliphatic carbocycles. The third kappa shape index (κ3) is 30.7. The maximum atomic E-state index is 13.7. The van der Waals surface area contributed by atoms with E-state index in [1.165, 1.54) is 96.3 Å². The van der Waals surface area contributed by atoms with Gasteiger partial charge < -0.3 is 126 Å². The minimum absolute atomic E-state index is 0.0701. The number of nitrogens with one attached hydrogen (secondary N) is 3. The summed E-state index contributed by atoms with van der Waals surface area (Å²) in [5.41, 5.74) is 0.